The molecule has 0 spiro atoms. The van der Waals surface area contributed by atoms with Crippen molar-refractivity contribution in [2.45, 2.75) is 38.6 Å². The fourth-order valence-corrected chi connectivity index (χ4v) is 1.98. The molecule has 1 saturated heterocycles. The second kappa shape index (κ2) is 4.69. The van der Waals surface area contributed by atoms with Crippen molar-refractivity contribution >= 4 is 11.7 Å². The minimum Gasteiger partial charge on any atom is -0.464 e. The standard InChI is InChI=1S/C12H15NO4/c1-2-3-4-7-9(11(15)10(7)14)13-8-5-6-17-12(8)16/h8,13H,2-6H2,1H3. The molecule has 0 bridgehead atoms. The van der Waals surface area contributed by atoms with E-state index in [1.807, 2.05) is 6.92 Å². The van der Waals surface area contributed by atoms with Crippen LogP contribution in [0.2, 0.25) is 0 Å². The van der Waals surface area contributed by atoms with Gasteiger partial charge in [0, 0.05) is 12.0 Å². The molecule has 0 radical (unpaired) electrons. The Labute approximate surface area is 98.5 Å². The van der Waals surface area contributed by atoms with Gasteiger partial charge in [-0.1, -0.05) is 13.3 Å². The fourth-order valence-electron chi connectivity index (χ4n) is 1.98. The van der Waals surface area contributed by atoms with Crippen LogP contribution in [0, 0.1) is 0 Å². The summed E-state index contributed by atoms with van der Waals surface area (Å²) < 4.78 is 4.79. The quantitative estimate of drug-likeness (QED) is 0.591. The summed E-state index contributed by atoms with van der Waals surface area (Å²) in [7, 11) is 0. The molecular weight excluding hydrogens is 222 g/mol. The van der Waals surface area contributed by atoms with Crippen LogP contribution in [-0.2, 0) is 16.0 Å². The average molecular weight is 237 g/mol. The Balaban J connectivity index is 2.10. The van der Waals surface area contributed by atoms with E-state index >= 15 is 0 Å². The third-order valence-corrected chi connectivity index (χ3v) is 3.04. The van der Waals surface area contributed by atoms with Gasteiger partial charge < -0.3 is 10.1 Å². The molecule has 1 unspecified atom stereocenters. The maximum Gasteiger partial charge on any atom is 0.328 e. The Morgan fingerprint density at radius 2 is 2.06 bits per heavy atom. The molecule has 1 aromatic carbocycles. The lowest BCUT2D eigenvalue weighted by Gasteiger charge is -2.15. The fraction of sp³-hybridized carbons (Fsp3) is 0.583. The zero-order valence-electron chi connectivity index (χ0n) is 9.75. The summed E-state index contributed by atoms with van der Waals surface area (Å²) in [6, 6.07) is -0.473. The van der Waals surface area contributed by atoms with Crippen molar-refractivity contribution in [1.82, 2.24) is 0 Å². The first-order chi connectivity index (χ1) is 8.15. The molecule has 1 heterocycles. The Morgan fingerprint density at radius 1 is 1.29 bits per heavy atom. The summed E-state index contributed by atoms with van der Waals surface area (Å²) in [5.74, 6) is -0.348. The van der Waals surface area contributed by atoms with Crippen LogP contribution in [0.4, 0.5) is 5.69 Å². The molecule has 2 rings (SSSR count). The lowest BCUT2D eigenvalue weighted by Crippen LogP contribution is -2.41. The lowest BCUT2D eigenvalue weighted by molar-refractivity contribution is -0.138. The largest absolute Gasteiger partial charge is 0.464 e. The van der Waals surface area contributed by atoms with Gasteiger partial charge in [0.05, 0.1) is 12.3 Å². The first kappa shape index (κ1) is 11.8. The van der Waals surface area contributed by atoms with E-state index in [0.717, 1.165) is 12.8 Å². The number of rotatable bonds is 5. The Morgan fingerprint density at radius 3 is 2.65 bits per heavy atom. The van der Waals surface area contributed by atoms with Gasteiger partial charge in [-0.25, -0.2) is 4.79 Å². The first-order valence-electron chi connectivity index (χ1n) is 5.90. The predicted octanol–water partition coefficient (Wildman–Crippen LogP) is 0.353. The third kappa shape index (κ3) is 2.09. The number of carbonyl (C=O) groups excluding carboxylic acids is 1. The minimum atomic E-state index is -0.504. The van der Waals surface area contributed by atoms with E-state index < -0.39 is 16.9 Å². The predicted molar refractivity (Wildman–Crippen MR) is 63.0 cm³/mol. The van der Waals surface area contributed by atoms with E-state index in [2.05, 4.69) is 5.32 Å². The zero-order chi connectivity index (χ0) is 12.4. The van der Waals surface area contributed by atoms with Crippen molar-refractivity contribution in [3.63, 3.8) is 0 Å². The molecule has 5 nitrogen and oxygen atoms in total. The summed E-state index contributed by atoms with van der Waals surface area (Å²) in [5.41, 5.74) is -0.0491. The highest BCUT2D eigenvalue weighted by Gasteiger charge is 2.30. The second-order valence-electron chi connectivity index (χ2n) is 4.27. The molecular formula is C12H15NO4. The number of unbranched alkanes of at least 4 members (excludes halogenated alkanes) is 1. The van der Waals surface area contributed by atoms with Crippen molar-refractivity contribution < 1.29 is 9.53 Å². The van der Waals surface area contributed by atoms with Gasteiger partial charge in [0.2, 0.25) is 10.9 Å². The number of ether oxygens (including phenoxy) is 1. The molecule has 0 amide bonds. The highest BCUT2D eigenvalue weighted by Crippen LogP contribution is 2.16. The zero-order valence-corrected chi connectivity index (χ0v) is 9.75. The summed E-state index contributed by atoms with van der Waals surface area (Å²) in [6.45, 7) is 2.39. The van der Waals surface area contributed by atoms with Gasteiger partial charge in [0.15, 0.2) is 0 Å². The molecule has 1 aliphatic rings. The summed E-state index contributed by atoms with van der Waals surface area (Å²) in [6.07, 6.45) is 2.98. The van der Waals surface area contributed by atoms with E-state index in [1.165, 1.54) is 0 Å². The normalized spacial score (nSPS) is 19.6. The van der Waals surface area contributed by atoms with Gasteiger partial charge in [0.1, 0.15) is 6.04 Å². The first-order valence-corrected chi connectivity index (χ1v) is 5.90. The lowest BCUT2D eigenvalue weighted by atomic mass is 10.0. The van der Waals surface area contributed by atoms with Crippen LogP contribution in [0.1, 0.15) is 31.7 Å². The van der Waals surface area contributed by atoms with Gasteiger partial charge in [-0.15, -0.1) is 0 Å². The number of carbonyl (C=O) groups is 1. The highest BCUT2D eigenvalue weighted by atomic mass is 16.5. The van der Waals surface area contributed by atoms with Crippen LogP contribution in [0.3, 0.4) is 0 Å². The molecule has 1 aromatic rings. The Bertz CT molecular complexity index is 499. The molecule has 5 heteroatoms. The van der Waals surface area contributed by atoms with Crippen LogP contribution in [0.15, 0.2) is 9.59 Å². The van der Waals surface area contributed by atoms with Gasteiger partial charge in [0.25, 0.3) is 0 Å². The maximum atomic E-state index is 11.4. The molecule has 1 aliphatic heterocycles. The van der Waals surface area contributed by atoms with E-state index in [9.17, 15) is 14.4 Å². The monoisotopic (exact) mass is 237 g/mol. The van der Waals surface area contributed by atoms with E-state index in [0.29, 0.717) is 30.7 Å². The van der Waals surface area contributed by atoms with Crippen LogP contribution in [0.25, 0.3) is 0 Å². The molecule has 92 valence electrons. The van der Waals surface area contributed by atoms with Gasteiger partial charge in [-0.3, -0.25) is 9.59 Å². The minimum absolute atomic E-state index is 0.326. The van der Waals surface area contributed by atoms with E-state index in [-0.39, 0.29) is 5.97 Å². The van der Waals surface area contributed by atoms with Crippen molar-refractivity contribution in [3.8, 4) is 0 Å². The molecule has 17 heavy (non-hydrogen) atoms. The van der Waals surface area contributed by atoms with Gasteiger partial charge in [-0.05, 0) is 12.8 Å². The van der Waals surface area contributed by atoms with Gasteiger partial charge in [-0.2, -0.15) is 0 Å². The van der Waals surface area contributed by atoms with Gasteiger partial charge >= 0.3 is 5.97 Å². The van der Waals surface area contributed by atoms with Crippen molar-refractivity contribution in [2.75, 3.05) is 11.9 Å². The van der Waals surface area contributed by atoms with Crippen molar-refractivity contribution in [1.29, 1.82) is 0 Å². The van der Waals surface area contributed by atoms with Crippen LogP contribution >= 0.6 is 0 Å². The molecule has 0 aromatic heterocycles. The molecule has 0 saturated carbocycles. The molecule has 1 N–H and O–H groups in total. The number of anilines is 1. The van der Waals surface area contributed by atoms with Crippen molar-refractivity contribution in [3.05, 3.63) is 26.0 Å². The molecule has 1 fully saturated rings. The van der Waals surface area contributed by atoms with Crippen LogP contribution in [-0.4, -0.2) is 18.6 Å². The number of hydrogen-bond donors (Lipinski definition) is 1. The summed E-state index contributed by atoms with van der Waals surface area (Å²) in [5, 5.41) is 2.84. The van der Waals surface area contributed by atoms with Crippen molar-refractivity contribution in [2.24, 2.45) is 0 Å². The third-order valence-electron chi connectivity index (χ3n) is 3.04. The Hall–Kier alpha value is -1.65. The number of esters is 1. The number of nitrogens with one attached hydrogen (secondary N) is 1. The summed E-state index contributed by atoms with van der Waals surface area (Å²) >= 11 is 0. The second-order valence-corrected chi connectivity index (χ2v) is 4.27. The highest BCUT2D eigenvalue weighted by molar-refractivity contribution is 5.81. The number of cyclic esters (lactones) is 1. The van der Waals surface area contributed by atoms with Crippen LogP contribution in [0.5, 0.6) is 0 Å². The average Bonchev–Trinajstić information content (AvgIpc) is 2.73. The SMILES string of the molecule is CCCCc1c(NC2CCOC2=O)c(=O)c1=O. The smallest absolute Gasteiger partial charge is 0.328 e. The van der Waals surface area contributed by atoms with Crippen LogP contribution < -0.4 is 16.2 Å². The van der Waals surface area contributed by atoms with E-state index in [1.54, 1.807) is 0 Å². The Kier molecular flexibility index (Phi) is 3.26. The topological polar surface area (TPSA) is 72.5 Å². The number of hydrogen-bond acceptors (Lipinski definition) is 5. The van der Waals surface area contributed by atoms with E-state index in [4.69, 9.17) is 4.74 Å². The maximum absolute atomic E-state index is 11.4. The summed E-state index contributed by atoms with van der Waals surface area (Å²) in [4.78, 5) is 34.0. The molecule has 1 atom stereocenters. The molecule has 0 aliphatic carbocycles.